The maximum absolute atomic E-state index is 13.3. The lowest BCUT2D eigenvalue weighted by Crippen LogP contribution is -2.30. The van der Waals surface area contributed by atoms with Gasteiger partial charge in [0, 0.05) is 10.4 Å². The van der Waals surface area contributed by atoms with Crippen LogP contribution in [0.1, 0.15) is 30.2 Å². The van der Waals surface area contributed by atoms with Gasteiger partial charge in [-0.05, 0) is 38.2 Å². The number of hydrogen-bond acceptors (Lipinski definition) is 6. The van der Waals surface area contributed by atoms with Crippen LogP contribution in [0.15, 0.2) is 35.1 Å². The second kappa shape index (κ2) is 7.11. The highest BCUT2D eigenvalue weighted by Crippen LogP contribution is 2.37. The van der Waals surface area contributed by atoms with Crippen LogP contribution in [-0.2, 0) is 28.9 Å². The minimum atomic E-state index is -0.426. The van der Waals surface area contributed by atoms with Gasteiger partial charge in [0.15, 0.2) is 11.5 Å². The second-order valence-corrected chi connectivity index (χ2v) is 8.19. The van der Waals surface area contributed by atoms with E-state index in [0.29, 0.717) is 11.5 Å². The lowest BCUT2D eigenvalue weighted by molar-refractivity contribution is -0.143. The first-order chi connectivity index (χ1) is 14.2. The average molecular weight is 408 g/mol. The molecule has 0 saturated carbocycles. The number of aryl methyl sites for hydroxylation is 2. The summed E-state index contributed by atoms with van der Waals surface area (Å²) in [5.74, 6) is 0.0821. The largest absolute Gasteiger partial charge is 0.465 e. The van der Waals surface area contributed by atoms with Crippen molar-refractivity contribution < 1.29 is 9.53 Å². The Morgan fingerprint density at radius 1 is 1.21 bits per heavy atom. The van der Waals surface area contributed by atoms with E-state index in [9.17, 15) is 9.59 Å². The maximum atomic E-state index is 13.3. The fourth-order valence-electron chi connectivity index (χ4n) is 3.97. The number of carbonyl (C=O) groups is 1. The van der Waals surface area contributed by atoms with Gasteiger partial charge in [-0.3, -0.25) is 9.36 Å². The number of thiophene rings is 1. The third kappa shape index (κ3) is 2.95. The van der Waals surface area contributed by atoms with Crippen molar-refractivity contribution in [2.75, 3.05) is 6.61 Å². The number of carbonyl (C=O) groups excluding carboxylic acids is 1. The van der Waals surface area contributed by atoms with Crippen LogP contribution < -0.4 is 5.69 Å². The Balaban J connectivity index is 1.81. The van der Waals surface area contributed by atoms with Gasteiger partial charge in [-0.15, -0.1) is 16.4 Å². The van der Waals surface area contributed by atoms with E-state index in [-0.39, 0.29) is 18.8 Å². The minimum Gasteiger partial charge on any atom is -0.465 e. The monoisotopic (exact) mass is 408 g/mol. The lowest BCUT2D eigenvalue weighted by Gasteiger charge is -2.10. The number of nitrogens with zero attached hydrogens (tertiary/aromatic N) is 4. The lowest BCUT2D eigenvalue weighted by atomic mass is 9.97. The van der Waals surface area contributed by atoms with Crippen LogP contribution >= 0.6 is 11.3 Å². The zero-order chi connectivity index (χ0) is 20.0. The zero-order valence-corrected chi connectivity index (χ0v) is 16.9. The molecule has 1 aliphatic rings. The molecule has 7 nitrogen and oxygen atoms in total. The zero-order valence-electron chi connectivity index (χ0n) is 16.1. The molecule has 0 unspecified atom stereocenters. The predicted octanol–water partition coefficient (Wildman–Crippen LogP) is 3.21. The van der Waals surface area contributed by atoms with Gasteiger partial charge >= 0.3 is 11.7 Å². The molecule has 4 aromatic rings. The number of rotatable bonds is 4. The van der Waals surface area contributed by atoms with Crippen LogP contribution in [0, 0.1) is 0 Å². The molecule has 148 valence electrons. The van der Waals surface area contributed by atoms with E-state index >= 15 is 0 Å². The number of fused-ring (bicyclic) bond motifs is 5. The molecular weight excluding hydrogens is 388 g/mol. The Morgan fingerprint density at radius 3 is 2.79 bits per heavy atom. The predicted molar refractivity (Wildman–Crippen MR) is 111 cm³/mol. The molecule has 29 heavy (non-hydrogen) atoms. The Hall–Kier alpha value is -3.00. The van der Waals surface area contributed by atoms with Gasteiger partial charge in [0.1, 0.15) is 11.4 Å². The Bertz CT molecular complexity index is 1290. The third-order valence-electron chi connectivity index (χ3n) is 5.27. The van der Waals surface area contributed by atoms with Gasteiger partial charge in [0.25, 0.3) is 0 Å². The third-order valence-corrected chi connectivity index (χ3v) is 6.58. The van der Waals surface area contributed by atoms with E-state index in [2.05, 4.69) is 5.10 Å². The second-order valence-electron chi connectivity index (χ2n) is 7.10. The van der Waals surface area contributed by atoms with Crippen LogP contribution in [0.3, 0.4) is 0 Å². The Labute approximate surface area is 170 Å². The fraction of sp³-hybridized carbons (Fsp3) is 0.333. The van der Waals surface area contributed by atoms with E-state index in [1.807, 2.05) is 30.3 Å². The van der Waals surface area contributed by atoms with Crippen LogP contribution in [0.5, 0.6) is 0 Å². The number of aromatic nitrogens is 4. The van der Waals surface area contributed by atoms with Gasteiger partial charge in [0.2, 0.25) is 0 Å². The summed E-state index contributed by atoms with van der Waals surface area (Å²) in [5.41, 5.74) is 2.30. The summed E-state index contributed by atoms with van der Waals surface area (Å²) in [7, 11) is 0. The first-order valence-electron chi connectivity index (χ1n) is 9.82. The molecular formula is C21H20N4O3S. The Morgan fingerprint density at radius 2 is 2.00 bits per heavy atom. The molecule has 5 rings (SSSR count). The van der Waals surface area contributed by atoms with Crippen molar-refractivity contribution in [3.8, 4) is 11.4 Å². The fourth-order valence-corrected chi connectivity index (χ4v) is 5.34. The van der Waals surface area contributed by atoms with Crippen molar-refractivity contribution >= 4 is 33.2 Å². The van der Waals surface area contributed by atoms with Crippen molar-refractivity contribution in [1.82, 2.24) is 19.2 Å². The van der Waals surface area contributed by atoms with E-state index < -0.39 is 5.97 Å². The van der Waals surface area contributed by atoms with Gasteiger partial charge < -0.3 is 4.74 Å². The Kier molecular flexibility index (Phi) is 4.43. The van der Waals surface area contributed by atoms with Crippen molar-refractivity contribution in [2.45, 2.75) is 39.2 Å². The summed E-state index contributed by atoms with van der Waals surface area (Å²) in [6, 6.07) is 9.61. The number of esters is 1. The first kappa shape index (κ1) is 18.1. The van der Waals surface area contributed by atoms with Crippen molar-refractivity contribution in [1.29, 1.82) is 0 Å². The smallest absolute Gasteiger partial charge is 0.352 e. The standard InChI is InChI=1S/C21H20N4O3S/c1-2-28-16(26)12-24-20-17(14-10-6-7-11-15(14)29-20)19-22-18(23-25(19)21(24)27)13-8-4-3-5-9-13/h3-5,8-9H,2,6-7,10-12H2,1H3. The molecule has 0 radical (unpaired) electrons. The molecule has 1 aromatic carbocycles. The number of ether oxygens (including phenoxy) is 1. The molecule has 0 atom stereocenters. The van der Waals surface area contributed by atoms with E-state index in [4.69, 9.17) is 9.72 Å². The normalized spacial score (nSPS) is 13.7. The molecule has 8 heteroatoms. The first-order valence-corrected chi connectivity index (χ1v) is 10.6. The summed E-state index contributed by atoms with van der Waals surface area (Å²) >= 11 is 1.59. The summed E-state index contributed by atoms with van der Waals surface area (Å²) < 4.78 is 7.93. The molecule has 0 fully saturated rings. The molecule has 0 spiro atoms. The summed E-state index contributed by atoms with van der Waals surface area (Å²) in [4.78, 5) is 32.3. The highest BCUT2D eigenvalue weighted by Gasteiger charge is 2.25. The van der Waals surface area contributed by atoms with Crippen LogP contribution in [0.2, 0.25) is 0 Å². The molecule has 0 aliphatic heterocycles. The maximum Gasteiger partial charge on any atom is 0.352 e. The minimum absolute atomic E-state index is 0.126. The van der Waals surface area contributed by atoms with Crippen molar-refractivity contribution in [3.05, 3.63) is 51.3 Å². The van der Waals surface area contributed by atoms with Crippen molar-refractivity contribution in [2.24, 2.45) is 0 Å². The molecule has 3 heterocycles. The quantitative estimate of drug-likeness (QED) is 0.485. The summed E-state index contributed by atoms with van der Waals surface area (Å²) in [6.45, 7) is 1.91. The van der Waals surface area contributed by atoms with E-state index in [0.717, 1.165) is 41.5 Å². The highest BCUT2D eigenvalue weighted by molar-refractivity contribution is 7.19. The summed E-state index contributed by atoms with van der Waals surface area (Å²) in [5, 5.41) is 5.45. The highest BCUT2D eigenvalue weighted by atomic mass is 32.1. The molecule has 0 amide bonds. The van der Waals surface area contributed by atoms with E-state index in [1.54, 1.807) is 18.3 Å². The van der Waals surface area contributed by atoms with Crippen LogP contribution in [0.4, 0.5) is 0 Å². The molecule has 1 aliphatic carbocycles. The summed E-state index contributed by atoms with van der Waals surface area (Å²) in [6.07, 6.45) is 4.20. The molecule has 0 saturated heterocycles. The van der Waals surface area contributed by atoms with Gasteiger partial charge in [-0.1, -0.05) is 30.3 Å². The van der Waals surface area contributed by atoms with Crippen LogP contribution in [-0.4, -0.2) is 31.7 Å². The molecule has 3 aromatic heterocycles. The molecule has 0 N–H and O–H groups in total. The number of hydrogen-bond donors (Lipinski definition) is 0. The van der Waals surface area contributed by atoms with Crippen molar-refractivity contribution in [3.63, 3.8) is 0 Å². The van der Waals surface area contributed by atoms with Gasteiger partial charge in [-0.2, -0.15) is 4.52 Å². The average Bonchev–Trinajstić information content (AvgIpc) is 3.34. The van der Waals surface area contributed by atoms with E-state index in [1.165, 1.54) is 19.5 Å². The van der Waals surface area contributed by atoms with Gasteiger partial charge in [0.05, 0.1) is 12.0 Å². The molecule has 0 bridgehead atoms. The van der Waals surface area contributed by atoms with Gasteiger partial charge in [-0.25, -0.2) is 9.78 Å². The topological polar surface area (TPSA) is 78.5 Å². The van der Waals surface area contributed by atoms with Crippen LogP contribution in [0.25, 0.3) is 27.3 Å². The SMILES string of the molecule is CCOC(=O)Cn1c(=O)n2nc(-c3ccccc3)nc2c2c3c(sc21)CCCC3. The number of benzene rings is 1.